The summed E-state index contributed by atoms with van der Waals surface area (Å²) in [5.41, 5.74) is -0.0721. The molecule has 1 aliphatic rings. The predicted octanol–water partition coefficient (Wildman–Crippen LogP) is 1.69. The normalized spacial score (nSPS) is 22.2. The Morgan fingerprint density at radius 3 is 3.11 bits per heavy atom. The lowest BCUT2D eigenvalue weighted by Gasteiger charge is -2.35. The predicted molar refractivity (Wildman–Crippen MR) is 72.9 cm³/mol. The highest BCUT2D eigenvalue weighted by molar-refractivity contribution is 5.72. The molecule has 0 aliphatic carbocycles. The van der Waals surface area contributed by atoms with Crippen molar-refractivity contribution in [1.82, 2.24) is 14.9 Å². The summed E-state index contributed by atoms with van der Waals surface area (Å²) >= 11 is 0. The van der Waals surface area contributed by atoms with Gasteiger partial charge < -0.3 is 14.6 Å². The van der Waals surface area contributed by atoms with Crippen LogP contribution in [0.4, 0.5) is 0 Å². The third-order valence-corrected chi connectivity index (χ3v) is 3.54. The van der Waals surface area contributed by atoms with Crippen molar-refractivity contribution in [2.24, 2.45) is 0 Å². The van der Waals surface area contributed by atoms with Crippen molar-refractivity contribution in [3.63, 3.8) is 0 Å². The summed E-state index contributed by atoms with van der Waals surface area (Å²) in [4.78, 5) is 15.4. The van der Waals surface area contributed by atoms with Gasteiger partial charge in [0.1, 0.15) is 5.82 Å². The van der Waals surface area contributed by atoms with E-state index in [1.807, 2.05) is 12.4 Å². The largest absolute Gasteiger partial charge is 0.376 e. The van der Waals surface area contributed by atoms with E-state index in [-0.39, 0.29) is 11.5 Å². The van der Waals surface area contributed by atoms with Crippen LogP contribution in [0.5, 0.6) is 0 Å². The number of hydrogen-bond acceptors (Lipinski definition) is 3. The zero-order valence-corrected chi connectivity index (χ0v) is 12.0. The molecule has 0 bridgehead atoms. The summed E-state index contributed by atoms with van der Waals surface area (Å²) in [6, 6.07) is 0. The maximum Gasteiger partial charge on any atom is 0.216 e. The van der Waals surface area contributed by atoms with Gasteiger partial charge in [-0.25, -0.2) is 4.98 Å². The third-order valence-electron chi connectivity index (χ3n) is 3.54. The van der Waals surface area contributed by atoms with Crippen LogP contribution in [0.15, 0.2) is 12.4 Å². The fourth-order valence-electron chi connectivity index (χ4n) is 2.67. The third kappa shape index (κ3) is 3.80. The van der Waals surface area contributed by atoms with Crippen LogP contribution in [-0.2, 0) is 16.1 Å². The molecule has 0 saturated carbocycles. The smallest absolute Gasteiger partial charge is 0.216 e. The summed E-state index contributed by atoms with van der Waals surface area (Å²) in [7, 11) is 0. The van der Waals surface area contributed by atoms with Crippen LogP contribution >= 0.6 is 0 Å². The summed E-state index contributed by atoms with van der Waals surface area (Å²) in [5, 5.41) is 2.82. The SMILES string of the molecule is CC(=O)NCCn1ccnc1[C@H]1CCOC(C)(C)C1. The minimum Gasteiger partial charge on any atom is -0.376 e. The molecule has 0 aromatic carbocycles. The molecule has 1 amide bonds. The molecule has 1 atom stereocenters. The van der Waals surface area contributed by atoms with E-state index in [2.05, 4.69) is 28.7 Å². The van der Waals surface area contributed by atoms with Gasteiger partial charge in [-0.15, -0.1) is 0 Å². The molecule has 19 heavy (non-hydrogen) atoms. The lowest BCUT2D eigenvalue weighted by atomic mass is 9.88. The van der Waals surface area contributed by atoms with E-state index in [9.17, 15) is 4.79 Å². The van der Waals surface area contributed by atoms with Crippen LogP contribution in [0.3, 0.4) is 0 Å². The molecule has 0 spiro atoms. The molecule has 0 unspecified atom stereocenters. The fraction of sp³-hybridized carbons (Fsp3) is 0.714. The summed E-state index contributed by atoms with van der Waals surface area (Å²) in [5.74, 6) is 1.56. The second kappa shape index (κ2) is 5.74. The van der Waals surface area contributed by atoms with Crippen LogP contribution in [-0.4, -0.2) is 34.2 Å². The number of hydrogen-bond donors (Lipinski definition) is 1. The Labute approximate surface area is 114 Å². The van der Waals surface area contributed by atoms with Gasteiger partial charge >= 0.3 is 0 Å². The number of carbonyl (C=O) groups is 1. The van der Waals surface area contributed by atoms with Crippen molar-refractivity contribution in [2.45, 2.75) is 51.7 Å². The lowest BCUT2D eigenvalue weighted by molar-refractivity contribution is -0.118. The van der Waals surface area contributed by atoms with Gasteiger partial charge in [-0.1, -0.05) is 0 Å². The maximum atomic E-state index is 10.9. The van der Waals surface area contributed by atoms with E-state index in [1.165, 1.54) is 6.92 Å². The molecule has 1 N–H and O–H groups in total. The highest BCUT2D eigenvalue weighted by atomic mass is 16.5. The quantitative estimate of drug-likeness (QED) is 0.901. The monoisotopic (exact) mass is 265 g/mol. The molecule has 5 heteroatoms. The maximum absolute atomic E-state index is 10.9. The van der Waals surface area contributed by atoms with Crippen LogP contribution < -0.4 is 5.32 Å². The van der Waals surface area contributed by atoms with E-state index in [0.29, 0.717) is 12.5 Å². The Kier molecular flexibility index (Phi) is 4.24. The number of imidazole rings is 1. The average Bonchev–Trinajstić information content (AvgIpc) is 2.75. The second-order valence-electron chi connectivity index (χ2n) is 5.76. The molecule has 1 aromatic heterocycles. The van der Waals surface area contributed by atoms with Crippen LogP contribution in [0.25, 0.3) is 0 Å². The zero-order valence-electron chi connectivity index (χ0n) is 12.0. The lowest BCUT2D eigenvalue weighted by Crippen LogP contribution is -2.34. The van der Waals surface area contributed by atoms with E-state index < -0.39 is 0 Å². The topological polar surface area (TPSA) is 56.2 Å². The van der Waals surface area contributed by atoms with Crippen molar-refractivity contribution in [1.29, 1.82) is 0 Å². The number of aromatic nitrogens is 2. The van der Waals surface area contributed by atoms with Gasteiger partial charge in [0.05, 0.1) is 5.60 Å². The zero-order chi connectivity index (χ0) is 13.9. The summed E-state index contributed by atoms with van der Waals surface area (Å²) in [6.45, 7) is 8.00. The first-order valence-corrected chi connectivity index (χ1v) is 6.87. The van der Waals surface area contributed by atoms with Gasteiger partial charge in [-0.3, -0.25) is 4.79 Å². The Hall–Kier alpha value is -1.36. The first kappa shape index (κ1) is 14.1. The van der Waals surface area contributed by atoms with Crippen LogP contribution in [0.1, 0.15) is 45.4 Å². The number of nitrogens with one attached hydrogen (secondary N) is 1. The number of carbonyl (C=O) groups excluding carboxylic acids is 1. The molecule has 1 aliphatic heterocycles. The van der Waals surface area contributed by atoms with Crippen molar-refractivity contribution in [3.05, 3.63) is 18.2 Å². The van der Waals surface area contributed by atoms with Crippen molar-refractivity contribution in [2.75, 3.05) is 13.2 Å². The highest BCUT2D eigenvalue weighted by Crippen LogP contribution is 2.34. The van der Waals surface area contributed by atoms with Gasteiger partial charge in [-0.2, -0.15) is 0 Å². The van der Waals surface area contributed by atoms with Crippen molar-refractivity contribution >= 4 is 5.91 Å². The van der Waals surface area contributed by atoms with E-state index in [1.54, 1.807) is 0 Å². The molecule has 2 rings (SSSR count). The standard InChI is InChI=1S/C14H23N3O2/c1-11(18)15-5-7-17-8-6-16-13(17)12-4-9-19-14(2,3)10-12/h6,8,12H,4-5,7,9-10H2,1-3H3,(H,15,18)/t12-/m0/s1. The van der Waals surface area contributed by atoms with Gasteiger partial charge in [0.25, 0.3) is 0 Å². The molecule has 2 heterocycles. The van der Waals surface area contributed by atoms with Gasteiger partial charge in [0, 0.05) is 44.9 Å². The molecular weight excluding hydrogens is 242 g/mol. The van der Waals surface area contributed by atoms with Crippen LogP contribution in [0, 0.1) is 0 Å². The Morgan fingerprint density at radius 1 is 1.63 bits per heavy atom. The molecule has 1 fully saturated rings. The minimum atomic E-state index is -0.0721. The fourth-order valence-corrected chi connectivity index (χ4v) is 2.67. The second-order valence-corrected chi connectivity index (χ2v) is 5.76. The number of amides is 1. The molecule has 106 valence electrons. The van der Waals surface area contributed by atoms with Gasteiger partial charge in [-0.05, 0) is 26.7 Å². The summed E-state index contributed by atoms with van der Waals surface area (Å²) < 4.78 is 7.89. The average molecular weight is 265 g/mol. The summed E-state index contributed by atoms with van der Waals surface area (Å²) in [6.07, 6.45) is 5.83. The number of rotatable bonds is 4. The molecule has 0 radical (unpaired) electrons. The van der Waals surface area contributed by atoms with Gasteiger partial charge in [0.2, 0.25) is 5.91 Å². The van der Waals surface area contributed by atoms with Crippen molar-refractivity contribution < 1.29 is 9.53 Å². The molecule has 1 aromatic rings. The molecular formula is C14H23N3O2. The minimum absolute atomic E-state index is 0.00821. The van der Waals surface area contributed by atoms with E-state index in [4.69, 9.17) is 4.74 Å². The van der Waals surface area contributed by atoms with E-state index in [0.717, 1.165) is 31.8 Å². The Morgan fingerprint density at radius 2 is 2.42 bits per heavy atom. The van der Waals surface area contributed by atoms with Crippen molar-refractivity contribution in [3.8, 4) is 0 Å². The Balaban J connectivity index is 2.00. The van der Waals surface area contributed by atoms with Gasteiger partial charge in [0.15, 0.2) is 0 Å². The highest BCUT2D eigenvalue weighted by Gasteiger charge is 2.31. The number of ether oxygens (including phenoxy) is 1. The first-order valence-electron chi connectivity index (χ1n) is 6.87. The first-order chi connectivity index (χ1) is 8.98. The van der Waals surface area contributed by atoms with Crippen LogP contribution in [0.2, 0.25) is 0 Å². The Bertz CT molecular complexity index is 440. The number of nitrogens with zero attached hydrogens (tertiary/aromatic N) is 2. The molecule has 5 nitrogen and oxygen atoms in total. The van der Waals surface area contributed by atoms with E-state index >= 15 is 0 Å². The molecule has 1 saturated heterocycles.